The minimum absolute atomic E-state index is 0.167. The second-order valence-electron chi connectivity index (χ2n) is 5.13. The normalized spacial score (nSPS) is 22.2. The van der Waals surface area contributed by atoms with Crippen LogP contribution >= 0.6 is 0 Å². The standard InChI is InChI=1S/C12H16N4O4/c17-7-13-5-8-2-1-3-9(4-8)6-16-11(19)14-10(18)15-12(16)20/h8-9H,1-6H2,(H2,14,15,18,19,20). The third-order valence-electron chi connectivity index (χ3n) is 3.68. The highest BCUT2D eigenvalue weighted by Crippen LogP contribution is 2.29. The molecule has 2 unspecified atom stereocenters. The fourth-order valence-electron chi connectivity index (χ4n) is 2.78. The smallest absolute Gasteiger partial charge is 0.259 e. The highest BCUT2D eigenvalue weighted by molar-refractivity contribution is 5.32. The Morgan fingerprint density at radius 1 is 1.15 bits per heavy atom. The first-order valence-corrected chi connectivity index (χ1v) is 6.57. The van der Waals surface area contributed by atoms with Crippen molar-refractivity contribution < 1.29 is 4.79 Å². The summed E-state index contributed by atoms with van der Waals surface area (Å²) in [6, 6.07) is 0. The monoisotopic (exact) mass is 280 g/mol. The van der Waals surface area contributed by atoms with E-state index in [1.165, 1.54) is 6.08 Å². The molecule has 8 heteroatoms. The lowest BCUT2D eigenvalue weighted by atomic mass is 9.81. The molecular weight excluding hydrogens is 264 g/mol. The number of aromatic nitrogens is 3. The lowest BCUT2D eigenvalue weighted by Gasteiger charge is -2.27. The van der Waals surface area contributed by atoms with E-state index in [0.717, 1.165) is 30.3 Å². The Balaban J connectivity index is 2.10. The summed E-state index contributed by atoms with van der Waals surface area (Å²) < 4.78 is 1.01. The van der Waals surface area contributed by atoms with Crippen LogP contribution in [0.4, 0.5) is 0 Å². The van der Waals surface area contributed by atoms with Crippen molar-refractivity contribution in [1.82, 2.24) is 14.5 Å². The average molecular weight is 280 g/mol. The summed E-state index contributed by atoms with van der Waals surface area (Å²) in [6.45, 7) is 0.711. The molecule has 0 spiro atoms. The van der Waals surface area contributed by atoms with Crippen molar-refractivity contribution in [1.29, 1.82) is 0 Å². The van der Waals surface area contributed by atoms with Crippen molar-refractivity contribution in [3.63, 3.8) is 0 Å². The summed E-state index contributed by atoms with van der Waals surface area (Å²) in [5.41, 5.74) is -2.17. The van der Waals surface area contributed by atoms with E-state index >= 15 is 0 Å². The number of rotatable bonds is 4. The number of nitrogens with zero attached hydrogens (tertiary/aromatic N) is 2. The van der Waals surface area contributed by atoms with Gasteiger partial charge in [-0.1, -0.05) is 6.42 Å². The number of hydrogen-bond acceptors (Lipinski definition) is 5. The Labute approximate surface area is 113 Å². The number of hydrogen-bond donors (Lipinski definition) is 2. The number of aliphatic imine (C=N–C) groups is 1. The molecule has 8 nitrogen and oxygen atoms in total. The largest absolute Gasteiger partial charge is 0.333 e. The second kappa shape index (κ2) is 6.29. The van der Waals surface area contributed by atoms with Crippen molar-refractivity contribution in [2.75, 3.05) is 6.54 Å². The first-order valence-electron chi connectivity index (χ1n) is 6.57. The topological polar surface area (TPSA) is 117 Å². The molecule has 0 aromatic carbocycles. The minimum Gasteiger partial charge on any atom is -0.259 e. The zero-order valence-corrected chi connectivity index (χ0v) is 10.9. The van der Waals surface area contributed by atoms with Crippen LogP contribution in [0.1, 0.15) is 25.7 Å². The number of carbonyl (C=O) groups excluding carboxylic acids is 1. The average Bonchev–Trinajstić information content (AvgIpc) is 2.41. The van der Waals surface area contributed by atoms with Crippen molar-refractivity contribution in [3.05, 3.63) is 31.5 Å². The molecule has 20 heavy (non-hydrogen) atoms. The lowest BCUT2D eigenvalue weighted by Crippen LogP contribution is -2.44. The highest BCUT2D eigenvalue weighted by Gasteiger charge is 2.23. The highest BCUT2D eigenvalue weighted by atomic mass is 16.2. The summed E-state index contributed by atoms with van der Waals surface area (Å²) in [5.74, 6) is 0.452. The van der Waals surface area contributed by atoms with E-state index in [2.05, 4.69) is 4.99 Å². The van der Waals surface area contributed by atoms with E-state index < -0.39 is 17.1 Å². The fourth-order valence-corrected chi connectivity index (χ4v) is 2.78. The zero-order chi connectivity index (χ0) is 14.5. The number of H-pyrrole nitrogens is 2. The zero-order valence-electron chi connectivity index (χ0n) is 10.9. The van der Waals surface area contributed by atoms with Gasteiger partial charge in [-0.3, -0.25) is 9.97 Å². The van der Waals surface area contributed by atoms with Crippen LogP contribution in [0.15, 0.2) is 19.4 Å². The first kappa shape index (κ1) is 14.2. The Hall–Kier alpha value is -2.21. The van der Waals surface area contributed by atoms with Gasteiger partial charge in [0, 0.05) is 6.54 Å². The van der Waals surface area contributed by atoms with Crippen LogP contribution < -0.4 is 17.1 Å². The maximum Gasteiger partial charge on any atom is 0.333 e. The molecule has 1 aliphatic carbocycles. The van der Waals surface area contributed by atoms with Gasteiger partial charge in [0.05, 0.1) is 6.54 Å². The molecule has 1 aliphatic rings. The van der Waals surface area contributed by atoms with E-state index in [4.69, 9.17) is 0 Å². The SMILES string of the molecule is O=C=NCC1CCCC(Cn2c(=O)[nH]c(=O)[nH]c2=O)C1. The van der Waals surface area contributed by atoms with Crippen LogP contribution in [0.3, 0.4) is 0 Å². The quantitative estimate of drug-likeness (QED) is 0.563. The second-order valence-corrected chi connectivity index (χ2v) is 5.13. The number of isocyanates is 1. The van der Waals surface area contributed by atoms with E-state index in [9.17, 15) is 19.2 Å². The fraction of sp³-hybridized carbons (Fsp3) is 0.667. The van der Waals surface area contributed by atoms with Crippen molar-refractivity contribution in [2.45, 2.75) is 32.2 Å². The van der Waals surface area contributed by atoms with Gasteiger partial charge in [0.2, 0.25) is 6.08 Å². The van der Waals surface area contributed by atoms with Crippen LogP contribution in [0.2, 0.25) is 0 Å². The van der Waals surface area contributed by atoms with Gasteiger partial charge in [0.25, 0.3) is 0 Å². The molecule has 0 bridgehead atoms. The molecule has 0 aliphatic heterocycles. The van der Waals surface area contributed by atoms with Gasteiger partial charge in [-0.25, -0.2) is 28.7 Å². The van der Waals surface area contributed by atoms with Gasteiger partial charge in [-0.15, -0.1) is 0 Å². The van der Waals surface area contributed by atoms with E-state index in [-0.39, 0.29) is 18.4 Å². The van der Waals surface area contributed by atoms with Gasteiger partial charge in [0.15, 0.2) is 0 Å². The van der Waals surface area contributed by atoms with E-state index in [1.807, 2.05) is 9.97 Å². The minimum atomic E-state index is -0.793. The molecule has 1 fully saturated rings. The van der Waals surface area contributed by atoms with Crippen molar-refractivity contribution in [2.24, 2.45) is 16.8 Å². The van der Waals surface area contributed by atoms with Crippen LogP contribution in [0.5, 0.6) is 0 Å². The van der Waals surface area contributed by atoms with Crippen molar-refractivity contribution in [3.8, 4) is 0 Å². The number of aromatic amines is 2. The van der Waals surface area contributed by atoms with Crippen molar-refractivity contribution >= 4 is 6.08 Å². The molecule has 0 radical (unpaired) electrons. The third-order valence-corrected chi connectivity index (χ3v) is 3.68. The summed E-state index contributed by atoms with van der Waals surface area (Å²) in [5, 5.41) is 0. The molecule has 0 amide bonds. The lowest BCUT2D eigenvalue weighted by molar-refractivity contribution is 0.242. The van der Waals surface area contributed by atoms with Gasteiger partial charge >= 0.3 is 17.1 Å². The van der Waals surface area contributed by atoms with Crippen LogP contribution in [-0.2, 0) is 11.3 Å². The summed E-state index contributed by atoms with van der Waals surface area (Å²) in [7, 11) is 0. The van der Waals surface area contributed by atoms with Crippen LogP contribution in [0, 0.1) is 11.8 Å². The molecular formula is C12H16N4O4. The Morgan fingerprint density at radius 2 is 1.80 bits per heavy atom. The molecule has 1 aromatic rings. The Morgan fingerprint density at radius 3 is 2.45 bits per heavy atom. The molecule has 2 rings (SSSR count). The van der Waals surface area contributed by atoms with E-state index in [1.54, 1.807) is 0 Å². The molecule has 2 N–H and O–H groups in total. The third kappa shape index (κ3) is 3.42. The van der Waals surface area contributed by atoms with Gasteiger partial charge < -0.3 is 0 Å². The predicted octanol–water partition coefficient (Wildman–Crippen LogP) is -0.633. The summed E-state index contributed by atoms with van der Waals surface area (Å²) in [4.78, 5) is 52.0. The van der Waals surface area contributed by atoms with Crippen LogP contribution in [-0.4, -0.2) is 27.2 Å². The predicted molar refractivity (Wildman–Crippen MR) is 70.4 cm³/mol. The maximum atomic E-state index is 11.6. The van der Waals surface area contributed by atoms with Gasteiger partial charge in [0.1, 0.15) is 0 Å². The maximum absolute atomic E-state index is 11.6. The van der Waals surface area contributed by atoms with Gasteiger partial charge in [-0.05, 0) is 31.1 Å². The van der Waals surface area contributed by atoms with Gasteiger partial charge in [-0.2, -0.15) is 0 Å². The number of nitrogens with one attached hydrogen (secondary N) is 2. The summed E-state index contributed by atoms with van der Waals surface area (Å²) >= 11 is 0. The van der Waals surface area contributed by atoms with Crippen LogP contribution in [0.25, 0.3) is 0 Å². The molecule has 1 aromatic heterocycles. The molecule has 108 valence electrons. The molecule has 1 saturated carbocycles. The Bertz CT molecular complexity index is 645. The molecule has 0 saturated heterocycles. The summed E-state index contributed by atoms with van der Waals surface area (Å²) in [6.07, 6.45) is 5.20. The first-order chi connectivity index (χ1) is 9.60. The molecule has 1 heterocycles. The Kier molecular flexibility index (Phi) is 4.47. The molecule has 2 atom stereocenters. The van der Waals surface area contributed by atoms with E-state index in [0.29, 0.717) is 6.54 Å².